The van der Waals surface area contributed by atoms with Crippen LogP contribution in [-0.2, 0) is 14.8 Å². The fourth-order valence-corrected chi connectivity index (χ4v) is 5.69. The summed E-state index contributed by atoms with van der Waals surface area (Å²) in [6, 6.07) is 12.5. The Morgan fingerprint density at radius 1 is 1.16 bits per heavy atom. The maximum absolute atomic E-state index is 12.9. The Balaban J connectivity index is 1.65. The topological polar surface area (TPSA) is 75.3 Å². The van der Waals surface area contributed by atoms with Gasteiger partial charge in [-0.05, 0) is 54.5 Å². The van der Waals surface area contributed by atoms with E-state index in [1.165, 1.54) is 0 Å². The molecule has 25 heavy (non-hydrogen) atoms. The number of fused-ring (bicyclic) bond motifs is 2. The monoisotopic (exact) mass is 374 g/mol. The molecular formula is C18H18N2O3S2. The molecule has 7 heteroatoms. The number of carbonyl (C=O) groups is 1. The van der Waals surface area contributed by atoms with Gasteiger partial charge in [-0.2, -0.15) is 0 Å². The first-order valence-corrected chi connectivity index (χ1v) is 10.6. The normalized spacial score (nSPS) is 22.2. The van der Waals surface area contributed by atoms with E-state index in [4.69, 9.17) is 0 Å². The predicted molar refractivity (Wildman–Crippen MR) is 98.3 cm³/mol. The third-order valence-corrected chi connectivity index (χ3v) is 7.30. The second kappa shape index (κ2) is 6.16. The number of nitrogens with one attached hydrogen (secondary N) is 2. The van der Waals surface area contributed by atoms with E-state index in [9.17, 15) is 13.2 Å². The first-order valence-electron chi connectivity index (χ1n) is 8.14. The zero-order valence-corrected chi connectivity index (χ0v) is 15.3. The van der Waals surface area contributed by atoms with Gasteiger partial charge in [0, 0.05) is 16.6 Å². The molecule has 2 atom stereocenters. The van der Waals surface area contributed by atoms with Crippen molar-refractivity contribution >= 4 is 33.4 Å². The number of carbonyl (C=O) groups excluding carboxylic acids is 1. The van der Waals surface area contributed by atoms with Crippen molar-refractivity contribution in [3.05, 3.63) is 53.6 Å². The lowest BCUT2D eigenvalue weighted by Crippen LogP contribution is -2.30. The molecule has 2 aliphatic rings. The molecule has 0 fully saturated rings. The summed E-state index contributed by atoms with van der Waals surface area (Å²) in [5, 5.41) is 2.76. The fraction of sp³-hybridized carbons (Fsp3) is 0.278. The molecule has 2 aromatic carbocycles. The minimum Gasteiger partial charge on any atom is -0.325 e. The Hall–Kier alpha value is -1.83. The molecule has 0 unspecified atom stereocenters. The molecule has 0 spiro atoms. The molecule has 2 heterocycles. The molecule has 2 N–H and O–H groups in total. The maximum atomic E-state index is 12.9. The molecule has 0 aliphatic carbocycles. The Labute approximate surface area is 151 Å². The van der Waals surface area contributed by atoms with Gasteiger partial charge >= 0.3 is 0 Å². The van der Waals surface area contributed by atoms with E-state index in [1.807, 2.05) is 24.3 Å². The highest BCUT2D eigenvalue weighted by atomic mass is 32.2. The molecule has 2 aromatic rings. The summed E-state index contributed by atoms with van der Waals surface area (Å²) in [5.74, 6) is 0.441. The Morgan fingerprint density at radius 2 is 1.96 bits per heavy atom. The van der Waals surface area contributed by atoms with E-state index < -0.39 is 10.0 Å². The number of hydrogen-bond donors (Lipinski definition) is 2. The molecule has 0 bridgehead atoms. The van der Waals surface area contributed by atoms with Crippen LogP contribution >= 0.6 is 11.8 Å². The van der Waals surface area contributed by atoms with Crippen LogP contribution in [0.2, 0.25) is 0 Å². The lowest BCUT2D eigenvalue weighted by atomic mass is 10.0. The van der Waals surface area contributed by atoms with Gasteiger partial charge in [-0.25, -0.2) is 13.1 Å². The summed E-state index contributed by atoms with van der Waals surface area (Å²) < 4.78 is 28.6. The van der Waals surface area contributed by atoms with Crippen molar-refractivity contribution in [1.29, 1.82) is 0 Å². The van der Waals surface area contributed by atoms with E-state index in [1.54, 1.807) is 36.9 Å². The van der Waals surface area contributed by atoms with Crippen LogP contribution in [0.4, 0.5) is 5.69 Å². The van der Waals surface area contributed by atoms with Crippen LogP contribution in [0.5, 0.6) is 0 Å². The zero-order chi connectivity index (χ0) is 17.6. The molecule has 0 radical (unpaired) electrons. The van der Waals surface area contributed by atoms with Crippen LogP contribution in [0.15, 0.2) is 52.3 Å². The van der Waals surface area contributed by atoms with Gasteiger partial charge in [0.1, 0.15) is 0 Å². The summed E-state index contributed by atoms with van der Waals surface area (Å²) in [5.41, 5.74) is 2.44. The van der Waals surface area contributed by atoms with Gasteiger partial charge in [0.2, 0.25) is 15.9 Å². The Kier molecular flexibility index (Phi) is 4.10. The molecule has 130 valence electrons. The molecule has 0 saturated carbocycles. The number of hydrogen-bond acceptors (Lipinski definition) is 4. The first-order chi connectivity index (χ1) is 12.0. The lowest BCUT2D eigenvalue weighted by molar-refractivity contribution is -0.116. The highest BCUT2D eigenvalue weighted by molar-refractivity contribution is 7.99. The fourth-order valence-electron chi connectivity index (χ4n) is 3.28. The van der Waals surface area contributed by atoms with Gasteiger partial charge < -0.3 is 5.32 Å². The molecule has 5 nitrogen and oxygen atoms in total. The summed E-state index contributed by atoms with van der Waals surface area (Å²) in [7, 11) is -3.66. The average molecular weight is 374 g/mol. The second-order valence-electron chi connectivity index (χ2n) is 6.31. The molecule has 4 rings (SSSR count). The third kappa shape index (κ3) is 2.96. The van der Waals surface area contributed by atoms with Crippen molar-refractivity contribution in [3.63, 3.8) is 0 Å². The van der Waals surface area contributed by atoms with E-state index in [2.05, 4.69) is 10.0 Å². The van der Waals surface area contributed by atoms with Gasteiger partial charge in [-0.1, -0.05) is 18.2 Å². The van der Waals surface area contributed by atoms with Gasteiger partial charge in [-0.3, -0.25) is 4.79 Å². The van der Waals surface area contributed by atoms with Crippen molar-refractivity contribution in [3.8, 4) is 0 Å². The number of sulfonamides is 1. The van der Waals surface area contributed by atoms with Crippen LogP contribution in [0.1, 0.15) is 36.4 Å². The molecular weight excluding hydrogens is 356 g/mol. The molecule has 1 amide bonds. The smallest absolute Gasteiger partial charge is 0.241 e. The largest absolute Gasteiger partial charge is 0.325 e. The molecule has 0 aromatic heterocycles. The summed E-state index contributed by atoms with van der Waals surface area (Å²) in [6.07, 6.45) is 0.752. The highest BCUT2D eigenvalue weighted by Crippen LogP contribution is 2.37. The number of anilines is 1. The van der Waals surface area contributed by atoms with Crippen molar-refractivity contribution in [1.82, 2.24) is 4.72 Å². The predicted octanol–water partition coefficient (Wildman–Crippen LogP) is 3.26. The third-order valence-electron chi connectivity index (χ3n) is 4.71. The summed E-state index contributed by atoms with van der Waals surface area (Å²) >= 11 is 1.75. The summed E-state index contributed by atoms with van der Waals surface area (Å²) in [6.45, 7) is 1.78. The second-order valence-corrected chi connectivity index (χ2v) is 9.16. The van der Waals surface area contributed by atoms with E-state index in [-0.39, 0.29) is 22.8 Å². The van der Waals surface area contributed by atoms with Crippen LogP contribution in [-0.4, -0.2) is 20.1 Å². The Morgan fingerprint density at radius 3 is 2.80 bits per heavy atom. The minimum absolute atomic E-state index is 0.101. The first kappa shape index (κ1) is 16.6. The maximum Gasteiger partial charge on any atom is 0.241 e. The quantitative estimate of drug-likeness (QED) is 0.865. The van der Waals surface area contributed by atoms with Crippen LogP contribution in [0.3, 0.4) is 0 Å². The molecule has 0 saturated heterocycles. The Bertz CT molecular complexity index is 957. The van der Waals surface area contributed by atoms with Crippen LogP contribution in [0.25, 0.3) is 0 Å². The van der Waals surface area contributed by atoms with Gasteiger partial charge in [0.15, 0.2) is 0 Å². The number of thioether (sulfide) groups is 1. The number of amides is 1. The summed E-state index contributed by atoms with van der Waals surface area (Å²) in [4.78, 5) is 13.1. The van der Waals surface area contributed by atoms with Crippen LogP contribution in [0, 0.1) is 0 Å². The number of rotatable bonds is 3. The van der Waals surface area contributed by atoms with Gasteiger partial charge in [0.25, 0.3) is 0 Å². The van der Waals surface area contributed by atoms with E-state index in [0.29, 0.717) is 5.69 Å². The van der Waals surface area contributed by atoms with Crippen molar-refractivity contribution in [2.75, 3.05) is 11.1 Å². The van der Waals surface area contributed by atoms with E-state index >= 15 is 0 Å². The highest BCUT2D eigenvalue weighted by Gasteiger charge is 2.30. The van der Waals surface area contributed by atoms with Crippen LogP contribution < -0.4 is 10.0 Å². The van der Waals surface area contributed by atoms with Crippen molar-refractivity contribution < 1.29 is 13.2 Å². The van der Waals surface area contributed by atoms with Gasteiger partial charge in [-0.15, -0.1) is 11.8 Å². The standard InChI is InChI=1S/C18H18N2O3S2/c1-11-14-10-12(6-7-15(14)19-18(11)21)25(22,23)20-16-8-9-24-17-5-3-2-4-13(16)17/h2-7,10-11,16,20H,8-9H2,1H3,(H,19,21)/t11-,16+/m0/s1. The van der Waals surface area contributed by atoms with Crippen molar-refractivity contribution in [2.45, 2.75) is 35.1 Å². The molecule has 2 aliphatic heterocycles. The SMILES string of the molecule is C[C@@H]1C(=O)Nc2ccc(S(=O)(=O)N[C@@H]3CCSc4ccccc43)cc21. The lowest BCUT2D eigenvalue weighted by Gasteiger charge is -2.25. The van der Waals surface area contributed by atoms with E-state index in [0.717, 1.165) is 28.2 Å². The van der Waals surface area contributed by atoms with Gasteiger partial charge in [0.05, 0.1) is 10.8 Å². The zero-order valence-electron chi connectivity index (χ0n) is 13.7. The number of benzene rings is 2. The minimum atomic E-state index is -3.66. The van der Waals surface area contributed by atoms with Crippen molar-refractivity contribution in [2.24, 2.45) is 0 Å². The average Bonchev–Trinajstić information content (AvgIpc) is 2.89.